The Bertz CT molecular complexity index is 468. The van der Waals surface area contributed by atoms with E-state index in [-0.39, 0.29) is 17.9 Å². The molecule has 4 heteroatoms. The summed E-state index contributed by atoms with van der Waals surface area (Å²) in [6.45, 7) is 1.50. The van der Waals surface area contributed by atoms with Crippen molar-refractivity contribution in [3.63, 3.8) is 0 Å². The van der Waals surface area contributed by atoms with E-state index in [0.29, 0.717) is 5.56 Å². The number of nitrogens with one attached hydrogen (secondary N) is 1. The van der Waals surface area contributed by atoms with Gasteiger partial charge in [-0.3, -0.25) is 4.79 Å². The Hall–Kier alpha value is -1.84. The van der Waals surface area contributed by atoms with Gasteiger partial charge in [0.05, 0.1) is 18.7 Å². The van der Waals surface area contributed by atoms with E-state index in [1.807, 2.05) is 12.1 Å². The lowest BCUT2D eigenvalue weighted by Gasteiger charge is -2.13. The van der Waals surface area contributed by atoms with E-state index in [0.717, 1.165) is 18.4 Å². The molecule has 0 bridgehead atoms. The van der Waals surface area contributed by atoms with Crippen molar-refractivity contribution in [3.8, 4) is 0 Å². The summed E-state index contributed by atoms with van der Waals surface area (Å²) < 4.78 is 4.69. The molecule has 90 valence electrons. The first-order chi connectivity index (χ1) is 8.11. The molecule has 0 saturated carbocycles. The Balaban J connectivity index is 2.30. The topological polar surface area (TPSA) is 55.4 Å². The summed E-state index contributed by atoms with van der Waals surface area (Å²) >= 11 is 0. The lowest BCUT2D eigenvalue weighted by atomic mass is 10.0. The van der Waals surface area contributed by atoms with Crippen LogP contribution >= 0.6 is 0 Å². The van der Waals surface area contributed by atoms with E-state index >= 15 is 0 Å². The largest absolute Gasteiger partial charge is 0.465 e. The zero-order chi connectivity index (χ0) is 12.4. The first-order valence-electron chi connectivity index (χ1n) is 5.60. The molecule has 1 aliphatic rings. The highest BCUT2D eigenvalue weighted by Gasteiger charge is 2.24. The maximum Gasteiger partial charge on any atom is 0.337 e. The molecule has 1 aromatic carbocycles. The fourth-order valence-corrected chi connectivity index (χ4v) is 2.24. The van der Waals surface area contributed by atoms with Crippen molar-refractivity contribution in [2.24, 2.45) is 0 Å². The van der Waals surface area contributed by atoms with Gasteiger partial charge in [-0.25, -0.2) is 4.79 Å². The van der Waals surface area contributed by atoms with Crippen LogP contribution in [-0.4, -0.2) is 19.0 Å². The van der Waals surface area contributed by atoms with Gasteiger partial charge < -0.3 is 10.1 Å². The van der Waals surface area contributed by atoms with E-state index in [1.165, 1.54) is 19.6 Å². The van der Waals surface area contributed by atoms with Crippen molar-refractivity contribution in [2.45, 2.75) is 25.8 Å². The zero-order valence-corrected chi connectivity index (χ0v) is 9.95. The van der Waals surface area contributed by atoms with Crippen molar-refractivity contribution in [1.82, 2.24) is 5.32 Å². The van der Waals surface area contributed by atoms with Gasteiger partial charge in [0, 0.05) is 6.92 Å². The fourth-order valence-electron chi connectivity index (χ4n) is 2.24. The van der Waals surface area contributed by atoms with Gasteiger partial charge >= 0.3 is 5.97 Å². The minimum absolute atomic E-state index is 0.0205. The van der Waals surface area contributed by atoms with Crippen LogP contribution in [0.15, 0.2) is 18.2 Å². The summed E-state index contributed by atoms with van der Waals surface area (Å²) in [4.78, 5) is 22.5. The number of esters is 1. The molecule has 1 amide bonds. The average Bonchev–Trinajstić information content (AvgIpc) is 2.70. The van der Waals surface area contributed by atoms with Gasteiger partial charge in [-0.1, -0.05) is 6.07 Å². The molecule has 0 aromatic heterocycles. The number of amides is 1. The molecule has 0 spiro atoms. The molecule has 4 nitrogen and oxygen atoms in total. The monoisotopic (exact) mass is 233 g/mol. The van der Waals surface area contributed by atoms with Gasteiger partial charge in [0.25, 0.3) is 0 Å². The molecule has 1 atom stereocenters. The van der Waals surface area contributed by atoms with Crippen molar-refractivity contribution < 1.29 is 14.3 Å². The summed E-state index contributed by atoms with van der Waals surface area (Å²) in [7, 11) is 1.36. The standard InChI is InChI=1S/C13H15NO3/c1-8(15)14-12-6-5-9-3-4-10(7-11(9)12)13(16)17-2/h3-4,7,12H,5-6H2,1-2H3,(H,14,15). The number of carbonyl (C=O) groups is 2. The molecule has 0 saturated heterocycles. The molecule has 1 aliphatic carbocycles. The minimum Gasteiger partial charge on any atom is -0.465 e. The van der Waals surface area contributed by atoms with Crippen molar-refractivity contribution in [2.75, 3.05) is 7.11 Å². The average molecular weight is 233 g/mol. The van der Waals surface area contributed by atoms with Crippen LogP contribution < -0.4 is 5.32 Å². The SMILES string of the molecule is COC(=O)c1ccc2c(c1)C(NC(C)=O)CC2. The molecular formula is C13H15NO3. The second-order valence-corrected chi connectivity index (χ2v) is 4.20. The number of fused-ring (bicyclic) bond motifs is 1. The van der Waals surface area contributed by atoms with Gasteiger partial charge in [0.1, 0.15) is 0 Å². The number of rotatable bonds is 2. The smallest absolute Gasteiger partial charge is 0.337 e. The molecule has 0 aliphatic heterocycles. The van der Waals surface area contributed by atoms with E-state index < -0.39 is 0 Å². The Labute approximate surface area is 100.0 Å². The van der Waals surface area contributed by atoms with E-state index in [4.69, 9.17) is 0 Å². The molecule has 1 unspecified atom stereocenters. The van der Waals surface area contributed by atoms with E-state index in [9.17, 15) is 9.59 Å². The first-order valence-corrected chi connectivity index (χ1v) is 5.60. The van der Waals surface area contributed by atoms with Crippen LogP contribution in [0.3, 0.4) is 0 Å². The molecule has 1 aromatic rings. The van der Waals surface area contributed by atoms with Gasteiger partial charge in [-0.2, -0.15) is 0 Å². The third-order valence-corrected chi connectivity index (χ3v) is 3.02. The molecule has 2 rings (SSSR count). The van der Waals surface area contributed by atoms with Gasteiger partial charge in [-0.15, -0.1) is 0 Å². The quantitative estimate of drug-likeness (QED) is 0.789. The van der Waals surface area contributed by atoms with Crippen LogP contribution in [-0.2, 0) is 16.0 Å². The molecule has 17 heavy (non-hydrogen) atoms. The Kier molecular flexibility index (Phi) is 3.13. The summed E-state index contributed by atoms with van der Waals surface area (Å²) in [5.41, 5.74) is 2.75. The third-order valence-electron chi connectivity index (χ3n) is 3.02. The van der Waals surface area contributed by atoms with Crippen molar-refractivity contribution in [3.05, 3.63) is 34.9 Å². The van der Waals surface area contributed by atoms with Gasteiger partial charge in [0.15, 0.2) is 0 Å². The van der Waals surface area contributed by atoms with Crippen LogP contribution in [0.1, 0.15) is 40.9 Å². The second kappa shape index (κ2) is 4.57. The summed E-state index contributed by atoms with van der Waals surface area (Å²) in [6, 6.07) is 5.53. The molecule has 0 radical (unpaired) electrons. The van der Waals surface area contributed by atoms with Crippen LogP contribution in [0.4, 0.5) is 0 Å². The first kappa shape index (κ1) is 11.6. The highest BCUT2D eigenvalue weighted by molar-refractivity contribution is 5.89. The summed E-state index contributed by atoms with van der Waals surface area (Å²) in [5, 5.41) is 2.89. The van der Waals surface area contributed by atoms with Crippen molar-refractivity contribution >= 4 is 11.9 Å². The Morgan fingerprint density at radius 2 is 2.18 bits per heavy atom. The number of benzene rings is 1. The minimum atomic E-state index is -0.346. The highest BCUT2D eigenvalue weighted by atomic mass is 16.5. The molecule has 1 N–H and O–H groups in total. The third kappa shape index (κ3) is 2.30. The number of methoxy groups -OCH3 is 1. The summed E-state index contributed by atoms with van der Waals surface area (Å²) in [6.07, 6.45) is 1.82. The maximum atomic E-state index is 11.4. The number of hydrogen-bond donors (Lipinski definition) is 1. The maximum absolute atomic E-state index is 11.4. The second-order valence-electron chi connectivity index (χ2n) is 4.20. The number of hydrogen-bond acceptors (Lipinski definition) is 3. The van der Waals surface area contributed by atoms with Crippen molar-refractivity contribution in [1.29, 1.82) is 0 Å². The number of aryl methyl sites for hydroxylation is 1. The molecule has 0 heterocycles. The fraction of sp³-hybridized carbons (Fsp3) is 0.385. The highest BCUT2D eigenvalue weighted by Crippen LogP contribution is 2.31. The Morgan fingerprint density at radius 1 is 1.41 bits per heavy atom. The van der Waals surface area contributed by atoms with Crippen LogP contribution in [0.5, 0.6) is 0 Å². The predicted molar refractivity (Wildman–Crippen MR) is 62.7 cm³/mol. The molecule has 0 fully saturated rings. The lowest BCUT2D eigenvalue weighted by Crippen LogP contribution is -2.24. The van der Waals surface area contributed by atoms with Gasteiger partial charge in [-0.05, 0) is 36.1 Å². The number of ether oxygens (including phenoxy) is 1. The lowest BCUT2D eigenvalue weighted by molar-refractivity contribution is -0.119. The number of carbonyl (C=O) groups excluding carboxylic acids is 2. The predicted octanol–water partition coefficient (Wildman–Crippen LogP) is 1.60. The normalized spacial score (nSPS) is 17.4. The van der Waals surface area contributed by atoms with Gasteiger partial charge in [0.2, 0.25) is 5.91 Å². The van der Waals surface area contributed by atoms with E-state index in [1.54, 1.807) is 6.07 Å². The zero-order valence-electron chi connectivity index (χ0n) is 9.95. The Morgan fingerprint density at radius 3 is 2.82 bits per heavy atom. The van der Waals surface area contributed by atoms with Crippen LogP contribution in [0.25, 0.3) is 0 Å². The van der Waals surface area contributed by atoms with E-state index in [2.05, 4.69) is 10.1 Å². The van der Waals surface area contributed by atoms with Crippen LogP contribution in [0.2, 0.25) is 0 Å². The van der Waals surface area contributed by atoms with Crippen LogP contribution in [0, 0.1) is 0 Å². The molecular weight excluding hydrogens is 218 g/mol. The summed E-state index contributed by atoms with van der Waals surface area (Å²) in [5.74, 6) is -0.396.